The molecule has 2 aromatic heterocycles. The summed E-state index contributed by atoms with van der Waals surface area (Å²) in [7, 11) is 1.84. The van der Waals surface area contributed by atoms with Crippen LogP contribution in [-0.4, -0.2) is 69.1 Å². The fourth-order valence-corrected chi connectivity index (χ4v) is 3.06. The van der Waals surface area contributed by atoms with E-state index in [0.29, 0.717) is 24.6 Å². The summed E-state index contributed by atoms with van der Waals surface area (Å²) in [5, 5.41) is 0. The number of hydrogen-bond donors (Lipinski definition) is 1. The smallest absolute Gasteiger partial charge is 0.242 e. The summed E-state index contributed by atoms with van der Waals surface area (Å²) < 4.78 is 5.85. The third kappa shape index (κ3) is 3.26. The number of ether oxygens (including phenoxy) is 1. The van der Waals surface area contributed by atoms with Crippen molar-refractivity contribution >= 4 is 22.9 Å². The van der Waals surface area contributed by atoms with Crippen molar-refractivity contribution in [3.05, 3.63) is 12.7 Å². The van der Waals surface area contributed by atoms with Crippen molar-refractivity contribution in [2.24, 2.45) is 0 Å². The molecule has 1 atom stereocenters. The number of nitrogens with zero attached hydrogens (tertiary/aromatic N) is 5. The van der Waals surface area contributed by atoms with Crippen molar-refractivity contribution in [2.45, 2.75) is 32.5 Å². The molecule has 1 amide bonds. The van der Waals surface area contributed by atoms with Crippen molar-refractivity contribution in [1.82, 2.24) is 24.8 Å². The second-order valence-electron chi connectivity index (χ2n) is 6.62. The Hall–Kier alpha value is -2.22. The Morgan fingerprint density at radius 3 is 3.00 bits per heavy atom. The van der Waals surface area contributed by atoms with Gasteiger partial charge in [-0.05, 0) is 20.8 Å². The normalized spacial score (nSPS) is 20.7. The number of morpholine rings is 1. The molecule has 0 unspecified atom stereocenters. The van der Waals surface area contributed by atoms with Crippen LogP contribution in [0.5, 0.6) is 0 Å². The number of carbonyl (C=O) groups is 1. The zero-order valence-electron chi connectivity index (χ0n) is 13.9. The summed E-state index contributed by atoms with van der Waals surface area (Å²) in [5.74, 6) is 0.725. The van der Waals surface area contributed by atoms with Gasteiger partial charge in [-0.2, -0.15) is 0 Å². The molecule has 1 fully saturated rings. The van der Waals surface area contributed by atoms with Crippen LogP contribution in [0.2, 0.25) is 0 Å². The number of imidazole rings is 1. The van der Waals surface area contributed by atoms with E-state index in [-0.39, 0.29) is 24.2 Å². The average Bonchev–Trinajstić information content (AvgIpc) is 2.93. The lowest BCUT2D eigenvalue weighted by molar-refractivity contribution is -0.156. The van der Waals surface area contributed by atoms with Crippen LogP contribution in [-0.2, 0) is 9.53 Å². The first-order valence-electron chi connectivity index (χ1n) is 7.66. The Balaban J connectivity index is 1.73. The number of H-pyrrole nitrogens is 1. The van der Waals surface area contributed by atoms with Gasteiger partial charge in [0.2, 0.25) is 5.91 Å². The van der Waals surface area contributed by atoms with E-state index in [9.17, 15) is 4.79 Å². The van der Waals surface area contributed by atoms with Crippen LogP contribution in [0.25, 0.3) is 11.2 Å². The molecule has 8 nitrogen and oxygen atoms in total. The molecule has 8 heteroatoms. The molecule has 3 heterocycles. The first kappa shape index (κ1) is 15.7. The number of amides is 1. The third-order valence-electron chi connectivity index (χ3n) is 3.86. The van der Waals surface area contributed by atoms with Crippen LogP contribution < -0.4 is 4.90 Å². The van der Waals surface area contributed by atoms with Gasteiger partial charge in [-0.25, -0.2) is 15.0 Å². The molecule has 0 bridgehead atoms. The molecule has 3 rings (SSSR count). The maximum atomic E-state index is 12.6. The van der Waals surface area contributed by atoms with E-state index in [1.165, 1.54) is 6.33 Å². The lowest BCUT2D eigenvalue weighted by Crippen LogP contribution is -2.55. The Morgan fingerprint density at radius 1 is 1.48 bits per heavy atom. The minimum Gasteiger partial charge on any atom is -0.369 e. The highest BCUT2D eigenvalue weighted by atomic mass is 16.5. The summed E-state index contributed by atoms with van der Waals surface area (Å²) >= 11 is 0. The number of fused-ring (bicyclic) bond motifs is 1. The summed E-state index contributed by atoms with van der Waals surface area (Å²) in [5.41, 5.74) is 1.01. The molecule has 1 saturated heterocycles. The number of hydrogen-bond acceptors (Lipinski definition) is 6. The average molecular weight is 318 g/mol. The number of likely N-dealkylation sites (N-methyl/N-ethyl adjacent to an activating group) is 1. The third-order valence-corrected chi connectivity index (χ3v) is 3.86. The number of carbonyl (C=O) groups excluding carboxylic acids is 1. The zero-order valence-corrected chi connectivity index (χ0v) is 13.9. The Kier molecular flexibility index (Phi) is 3.93. The molecule has 1 N–H and O–H groups in total. The van der Waals surface area contributed by atoms with Crippen LogP contribution in [0.3, 0.4) is 0 Å². The number of nitrogens with one attached hydrogen (secondary N) is 1. The largest absolute Gasteiger partial charge is 0.369 e. The first-order valence-corrected chi connectivity index (χ1v) is 7.66. The van der Waals surface area contributed by atoms with Crippen molar-refractivity contribution in [3.63, 3.8) is 0 Å². The predicted octanol–water partition coefficient (Wildman–Crippen LogP) is 0.815. The molecule has 0 radical (unpaired) electrons. The number of rotatable bonds is 3. The molecule has 0 aromatic carbocycles. The summed E-state index contributed by atoms with van der Waals surface area (Å²) in [6, 6.07) is 0. The van der Waals surface area contributed by atoms with Crippen molar-refractivity contribution in [3.8, 4) is 0 Å². The van der Waals surface area contributed by atoms with Gasteiger partial charge in [0.05, 0.1) is 24.6 Å². The van der Waals surface area contributed by atoms with Crippen LogP contribution in [0.15, 0.2) is 12.7 Å². The zero-order chi connectivity index (χ0) is 16.6. The van der Waals surface area contributed by atoms with Gasteiger partial charge in [-0.3, -0.25) is 4.79 Å². The number of aromatic nitrogens is 4. The predicted molar refractivity (Wildman–Crippen MR) is 86.2 cm³/mol. The Morgan fingerprint density at radius 2 is 2.26 bits per heavy atom. The Bertz CT molecular complexity index is 713. The van der Waals surface area contributed by atoms with Gasteiger partial charge >= 0.3 is 0 Å². The van der Waals surface area contributed by atoms with E-state index in [2.05, 4.69) is 19.9 Å². The number of aromatic amines is 1. The van der Waals surface area contributed by atoms with Gasteiger partial charge in [0.25, 0.3) is 0 Å². The Labute approximate surface area is 134 Å². The van der Waals surface area contributed by atoms with Crippen LogP contribution >= 0.6 is 0 Å². The van der Waals surface area contributed by atoms with Gasteiger partial charge in [0, 0.05) is 20.1 Å². The monoisotopic (exact) mass is 318 g/mol. The first-order chi connectivity index (χ1) is 10.9. The molecular formula is C15H22N6O2. The van der Waals surface area contributed by atoms with Gasteiger partial charge in [0.1, 0.15) is 11.8 Å². The molecule has 0 aliphatic carbocycles. The second-order valence-corrected chi connectivity index (χ2v) is 6.62. The lowest BCUT2D eigenvalue weighted by atomic mass is 10.1. The van der Waals surface area contributed by atoms with E-state index < -0.39 is 0 Å². The molecule has 23 heavy (non-hydrogen) atoms. The fourth-order valence-electron chi connectivity index (χ4n) is 3.06. The van der Waals surface area contributed by atoms with Gasteiger partial charge in [-0.1, -0.05) is 0 Å². The van der Waals surface area contributed by atoms with Crippen molar-refractivity contribution in [1.29, 1.82) is 0 Å². The molecular weight excluding hydrogens is 296 g/mol. The fraction of sp³-hybridized carbons (Fsp3) is 0.600. The van der Waals surface area contributed by atoms with Gasteiger partial charge < -0.3 is 19.5 Å². The van der Waals surface area contributed by atoms with E-state index >= 15 is 0 Å². The minimum atomic E-state index is -0.322. The topological polar surface area (TPSA) is 87.2 Å². The van der Waals surface area contributed by atoms with Gasteiger partial charge in [-0.15, -0.1) is 0 Å². The van der Waals surface area contributed by atoms with Crippen LogP contribution in [0, 0.1) is 0 Å². The SMILES string of the molecule is C[C@H]1CN(C(=O)CN(C)c2ncnc3nc[nH]c23)CC(C)(C)O1. The van der Waals surface area contributed by atoms with Crippen LogP contribution in [0.4, 0.5) is 5.82 Å². The summed E-state index contributed by atoms with van der Waals surface area (Å²) in [6.07, 6.45) is 3.07. The molecule has 1 aliphatic heterocycles. The highest BCUT2D eigenvalue weighted by Crippen LogP contribution is 2.22. The quantitative estimate of drug-likeness (QED) is 0.901. The van der Waals surface area contributed by atoms with Crippen molar-refractivity contribution in [2.75, 3.05) is 31.6 Å². The molecule has 2 aromatic rings. The molecule has 124 valence electrons. The standard InChI is InChI=1S/C15H22N6O2/c1-10-5-21(7-15(2,3)23-10)11(22)6-20(4)14-12-13(17-8-16-12)18-9-19-14/h8-10H,5-7H2,1-4H3,(H,16,17,18,19)/t10-/m0/s1. The highest BCUT2D eigenvalue weighted by molar-refractivity contribution is 5.87. The summed E-state index contributed by atoms with van der Waals surface area (Å²) in [4.78, 5) is 31.8. The minimum absolute atomic E-state index is 0.0337. The van der Waals surface area contributed by atoms with E-state index in [1.54, 1.807) is 6.33 Å². The molecule has 0 spiro atoms. The maximum absolute atomic E-state index is 12.6. The van der Waals surface area contributed by atoms with E-state index in [4.69, 9.17) is 4.74 Å². The number of anilines is 1. The highest BCUT2D eigenvalue weighted by Gasteiger charge is 2.34. The lowest BCUT2D eigenvalue weighted by Gasteiger charge is -2.42. The molecule has 1 aliphatic rings. The second kappa shape index (κ2) is 5.77. The van der Waals surface area contributed by atoms with Gasteiger partial charge in [0.15, 0.2) is 11.5 Å². The van der Waals surface area contributed by atoms with E-state index in [0.717, 1.165) is 5.52 Å². The van der Waals surface area contributed by atoms with Crippen molar-refractivity contribution < 1.29 is 9.53 Å². The van der Waals surface area contributed by atoms with Crippen LogP contribution in [0.1, 0.15) is 20.8 Å². The summed E-state index contributed by atoms with van der Waals surface area (Å²) in [6.45, 7) is 7.44. The molecule has 0 saturated carbocycles. The van der Waals surface area contributed by atoms with E-state index in [1.807, 2.05) is 37.6 Å². The maximum Gasteiger partial charge on any atom is 0.242 e.